The molecule has 0 spiro atoms. The summed E-state index contributed by atoms with van der Waals surface area (Å²) in [5.74, 6) is -0.138. The number of anilines is 1. The van der Waals surface area contributed by atoms with E-state index in [-0.39, 0.29) is 24.5 Å². The van der Waals surface area contributed by atoms with Crippen LogP contribution >= 0.6 is 22.6 Å². The van der Waals surface area contributed by atoms with E-state index in [9.17, 15) is 9.90 Å². The molecule has 4 rings (SSSR count). The van der Waals surface area contributed by atoms with Crippen LogP contribution in [0.3, 0.4) is 0 Å². The first kappa shape index (κ1) is 25.5. The van der Waals surface area contributed by atoms with Crippen molar-refractivity contribution in [2.45, 2.75) is 25.4 Å². The van der Waals surface area contributed by atoms with Gasteiger partial charge in [-0.05, 0) is 49.4 Å². The number of halogens is 1. The zero-order chi connectivity index (χ0) is 25.2. The number of hydrogen-bond acceptors (Lipinski definition) is 9. The molecule has 4 atom stereocenters. The minimum atomic E-state index is -3.17. The van der Waals surface area contributed by atoms with Gasteiger partial charge in [-0.15, -0.1) is 0 Å². The van der Waals surface area contributed by atoms with Crippen LogP contribution in [0.25, 0.3) is 11.2 Å². The van der Waals surface area contributed by atoms with Crippen LogP contribution in [-0.4, -0.2) is 50.4 Å². The number of nitrogens with one attached hydrogen (secondary N) is 1. The summed E-state index contributed by atoms with van der Waals surface area (Å²) < 4.78 is 20.1. The predicted molar refractivity (Wildman–Crippen MR) is 138 cm³/mol. The molecule has 2 aromatic heterocycles. The molecule has 11 nitrogen and oxygen atoms in total. The fraction of sp³-hybridized carbons (Fsp3) is 0.333. The number of nitrogens with two attached hydrogens (primary N) is 1. The van der Waals surface area contributed by atoms with Crippen molar-refractivity contribution in [1.29, 1.82) is 0 Å². The first-order valence-electron chi connectivity index (χ1n) is 10.6. The fourth-order valence-corrected chi connectivity index (χ4v) is 6.32. The van der Waals surface area contributed by atoms with Gasteiger partial charge in [-0.25, -0.2) is 10.1 Å². The first-order valence-corrected chi connectivity index (χ1v) is 14.0. The molecule has 0 radical (unpaired) electrons. The highest BCUT2D eigenvalue weighted by molar-refractivity contribution is 9.10. The lowest BCUT2D eigenvalue weighted by Crippen LogP contribution is -2.33. The maximum Gasteiger partial charge on any atom is 0.320 e. The van der Waals surface area contributed by atoms with E-state index in [1.807, 2.05) is 16.7 Å². The summed E-state index contributed by atoms with van der Waals surface area (Å²) in [6.45, 7) is -1.44. The van der Waals surface area contributed by atoms with Gasteiger partial charge in [-0.3, -0.25) is 4.79 Å². The average Bonchev–Trinajstić information content (AvgIpc) is 3.45. The Balaban J connectivity index is 1.46. The summed E-state index contributed by atoms with van der Waals surface area (Å²) in [6, 6.07) is 6.10. The van der Waals surface area contributed by atoms with Gasteiger partial charge in [0.25, 0.3) is 0 Å². The fourth-order valence-electron chi connectivity index (χ4n) is 3.58. The third kappa shape index (κ3) is 5.99. The summed E-state index contributed by atoms with van der Waals surface area (Å²) in [5.41, 5.74) is 6.93. The Morgan fingerprint density at radius 3 is 2.80 bits per heavy atom. The Labute approximate surface area is 215 Å². The Hall–Kier alpha value is -2.57. The van der Waals surface area contributed by atoms with E-state index in [0.717, 1.165) is 4.47 Å². The lowest BCUT2D eigenvalue weighted by molar-refractivity contribution is -0.138. The highest BCUT2D eigenvalue weighted by atomic mass is 79.9. The number of carbonyl (C=O) groups is 1. The van der Waals surface area contributed by atoms with Gasteiger partial charge < -0.3 is 29.2 Å². The monoisotopic (exact) mass is 582 g/mol. The number of ether oxygens (including phenoxy) is 1. The molecule has 4 N–H and O–H groups in total. The van der Waals surface area contributed by atoms with Crippen molar-refractivity contribution in [2.75, 3.05) is 19.5 Å². The molecule has 35 heavy (non-hydrogen) atoms. The molecule has 1 aliphatic rings. The van der Waals surface area contributed by atoms with E-state index >= 15 is 0 Å². The smallest absolute Gasteiger partial charge is 0.320 e. The van der Waals surface area contributed by atoms with Crippen molar-refractivity contribution in [3.05, 3.63) is 47.2 Å². The molecule has 0 fully saturated rings. The molecule has 0 saturated heterocycles. The number of carboxylic acids is 1. The van der Waals surface area contributed by atoms with Gasteiger partial charge in [-0.2, -0.15) is 9.97 Å². The zero-order valence-corrected chi connectivity index (χ0v) is 22.2. The number of nitrogen functional groups attached to an aromatic ring is 1. The van der Waals surface area contributed by atoms with Crippen molar-refractivity contribution in [3.8, 4) is 11.6 Å². The summed E-state index contributed by atoms with van der Waals surface area (Å²) in [4.78, 5) is 24.2. The molecule has 3 aromatic rings. The average molecular weight is 583 g/mol. The Kier molecular flexibility index (Phi) is 7.72. The van der Waals surface area contributed by atoms with Crippen LogP contribution in [0.1, 0.15) is 19.4 Å². The number of aromatic nitrogens is 4. The van der Waals surface area contributed by atoms with E-state index < -0.39 is 18.7 Å². The Bertz CT molecular complexity index is 1300. The van der Waals surface area contributed by atoms with Crippen LogP contribution in [0, 0.1) is 5.92 Å². The number of imidazole rings is 1. The summed E-state index contributed by atoms with van der Waals surface area (Å²) >= 11 is 9.03. The van der Waals surface area contributed by atoms with Gasteiger partial charge in [-0.1, -0.05) is 28.1 Å². The molecule has 2 heterocycles. The number of nitrogens with zero attached hydrogens (tertiary/aromatic N) is 4. The lowest BCUT2D eigenvalue weighted by atomic mass is 10.1. The van der Waals surface area contributed by atoms with Crippen LogP contribution in [-0.2, 0) is 21.1 Å². The van der Waals surface area contributed by atoms with Crippen molar-refractivity contribution in [1.82, 2.24) is 24.6 Å². The number of rotatable bonds is 10. The van der Waals surface area contributed by atoms with Gasteiger partial charge in [0, 0.05) is 10.4 Å². The predicted octanol–water partition coefficient (Wildman–Crippen LogP) is 3.68. The second-order valence-electron chi connectivity index (χ2n) is 7.89. The van der Waals surface area contributed by atoms with E-state index in [1.54, 1.807) is 30.6 Å². The molecule has 1 aromatic carbocycles. The molecule has 1 unspecified atom stereocenters. The number of carboxylic acid groups (broad SMARTS) is 1. The van der Waals surface area contributed by atoms with E-state index in [1.165, 1.54) is 14.0 Å². The van der Waals surface area contributed by atoms with Crippen LogP contribution in [0.5, 0.6) is 11.6 Å². The third-order valence-electron chi connectivity index (χ3n) is 5.33. The molecular formula is C21H24BrN6O5PS. The minimum Gasteiger partial charge on any atom is -0.480 e. The molecular weight excluding hydrogens is 559 g/mol. The summed E-state index contributed by atoms with van der Waals surface area (Å²) in [6.07, 6.45) is 6.43. The van der Waals surface area contributed by atoms with Crippen LogP contribution in [0.4, 0.5) is 5.95 Å². The Morgan fingerprint density at radius 1 is 1.37 bits per heavy atom. The van der Waals surface area contributed by atoms with Gasteiger partial charge in [0.2, 0.25) is 11.8 Å². The van der Waals surface area contributed by atoms with E-state index in [0.29, 0.717) is 29.2 Å². The van der Waals surface area contributed by atoms with Crippen LogP contribution in [0.2, 0.25) is 0 Å². The first-order chi connectivity index (χ1) is 16.7. The summed E-state index contributed by atoms with van der Waals surface area (Å²) in [7, 11) is 1.50. The lowest BCUT2D eigenvalue weighted by Gasteiger charge is -2.26. The Morgan fingerprint density at radius 2 is 2.11 bits per heavy atom. The quantitative estimate of drug-likeness (QED) is 0.237. The number of fused-ring (bicyclic) bond motifs is 1. The van der Waals surface area contributed by atoms with Gasteiger partial charge in [0.1, 0.15) is 11.8 Å². The zero-order valence-electron chi connectivity index (χ0n) is 18.9. The highest BCUT2D eigenvalue weighted by Crippen LogP contribution is 2.46. The number of aliphatic carboxylic acids is 1. The van der Waals surface area contributed by atoms with Crippen molar-refractivity contribution in [2.24, 2.45) is 5.92 Å². The molecule has 14 heteroatoms. The third-order valence-corrected chi connectivity index (χ3v) is 8.36. The molecule has 0 bridgehead atoms. The molecule has 1 aliphatic carbocycles. The number of benzene rings is 1. The second kappa shape index (κ2) is 10.6. The SMILES string of the molecule is COc1nc(N)nc2c1ncn2[C@H]1C=C[C@@H](COP(=S)(N[C@@H](C)C(=O)O)Oc2ccc(Br)cc2)C1. The topological polar surface area (TPSA) is 147 Å². The minimum absolute atomic E-state index is 0.0105. The van der Waals surface area contributed by atoms with Crippen molar-refractivity contribution < 1.29 is 23.7 Å². The second-order valence-corrected chi connectivity index (χ2v) is 11.9. The van der Waals surface area contributed by atoms with E-state index in [4.69, 9.17) is 31.3 Å². The van der Waals surface area contributed by atoms with Crippen molar-refractivity contribution in [3.63, 3.8) is 0 Å². The normalized spacial score (nSPS) is 20.0. The molecule has 0 saturated carbocycles. The van der Waals surface area contributed by atoms with Gasteiger partial charge >= 0.3 is 12.6 Å². The summed E-state index contributed by atoms with van der Waals surface area (Å²) in [5, 5.41) is 12.2. The maximum atomic E-state index is 11.4. The molecule has 186 valence electrons. The highest BCUT2D eigenvalue weighted by Gasteiger charge is 2.30. The maximum absolute atomic E-state index is 11.4. The van der Waals surface area contributed by atoms with Crippen molar-refractivity contribution >= 4 is 57.5 Å². The standard InChI is InChI=1S/C21H24BrN6O5PS/c1-12(20(29)30)27-34(35,33-16-7-4-14(22)5-8-16)32-10-13-3-6-15(9-13)28-11-24-17-18(28)25-21(23)26-19(17)31-2/h3-8,11-13,15H,9-10H2,1-2H3,(H,27,35)(H,29,30)(H2,23,25,26)/t12-,13+,15-,34?/m0/s1. The molecule has 0 amide bonds. The van der Waals surface area contributed by atoms with E-state index in [2.05, 4.69) is 36.0 Å². The largest absolute Gasteiger partial charge is 0.480 e. The van der Waals surface area contributed by atoms with Crippen LogP contribution < -0.4 is 20.1 Å². The number of methoxy groups -OCH3 is 1. The number of allylic oxidation sites excluding steroid dienone is 1. The number of hydrogen-bond donors (Lipinski definition) is 3. The van der Waals surface area contributed by atoms with Gasteiger partial charge in [0.05, 0.1) is 26.1 Å². The molecule has 0 aliphatic heterocycles. The van der Waals surface area contributed by atoms with Crippen LogP contribution in [0.15, 0.2) is 47.2 Å². The van der Waals surface area contributed by atoms with Gasteiger partial charge in [0.15, 0.2) is 11.2 Å².